The smallest absolute Gasteiger partial charge is 0.138 e. The highest BCUT2D eigenvalue weighted by Crippen LogP contribution is 2.40. The third kappa shape index (κ3) is 2.67. The average molecular weight is 378 g/mol. The molecule has 0 aliphatic heterocycles. The average Bonchev–Trinajstić information content (AvgIpc) is 2.93. The SMILES string of the molecule is COc1cc(N[C@H]2CCc3c(Br)cccc32)c(Cl)cc1C#N. The van der Waals surface area contributed by atoms with Gasteiger partial charge in [-0.1, -0.05) is 39.7 Å². The van der Waals surface area contributed by atoms with E-state index in [0.29, 0.717) is 16.3 Å². The number of nitrogens with one attached hydrogen (secondary N) is 1. The maximum Gasteiger partial charge on any atom is 0.138 e. The molecule has 0 spiro atoms. The Labute approximate surface area is 143 Å². The number of halogens is 2. The lowest BCUT2D eigenvalue weighted by molar-refractivity contribution is 0.413. The number of nitriles is 1. The van der Waals surface area contributed by atoms with E-state index in [4.69, 9.17) is 21.6 Å². The van der Waals surface area contributed by atoms with Gasteiger partial charge in [-0.25, -0.2) is 0 Å². The Hall–Kier alpha value is -1.70. The van der Waals surface area contributed by atoms with E-state index in [2.05, 4.69) is 39.4 Å². The Morgan fingerprint density at radius 3 is 2.95 bits per heavy atom. The normalized spacial score (nSPS) is 16.0. The summed E-state index contributed by atoms with van der Waals surface area (Å²) in [6.45, 7) is 0. The summed E-state index contributed by atoms with van der Waals surface area (Å²) < 4.78 is 6.41. The first-order chi connectivity index (χ1) is 10.6. The summed E-state index contributed by atoms with van der Waals surface area (Å²) in [6, 6.07) is 12.0. The molecule has 0 unspecified atom stereocenters. The van der Waals surface area contributed by atoms with Crippen LogP contribution in [0.25, 0.3) is 0 Å². The van der Waals surface area contributed by atoms with Crippen LogP contribution in [-0.4, -0.2) is 7.11 Å². The molecule has 5 heteroatoms. The zero-order valence-corrected chi connectivity index (χ0v) is 14.3. The summed E-state index contributed by atoms with van der Waals surface area (Å²) in [4.78, 5) is 0. The van der Waals surface area contributed by atoms with E-state index in [1.54, 1.807) is 19.2 Å². The van der Waals surface area contributed by atoms with Gasteiger partial charge < -0.3 is 10.1 Å². The zero-order chi connectivity index (χ0) is 15.7. The number of nitrogens with zero attached hydrogens (tertiary/aromatic N) is 1. The number of hydrogen-bond donors (Lipinski definition) is 1. The molecular weight excluding hydrogens is 364 g/mol. The quantitative estimate of drug-likeness (QED) is 0.811. The minimum absolute atomic E-state index is 0.211. The molecule has 0 aromatic heterocycles. The molecule has 0 radical (unpaired) electrons. The molecule has 1 aliphatic carbocycles. The van der Waals surface area contributed by atoms with E-state index in [0.717, 1.165) is 23.0 Å². The number of rotatable bonds is 3. The number of benzene rings is 2. The number of anilines is 1. The Morgan fingerprint density at radius 2 is 2.23 bits per heavy atom. The summed E-state index contributed by atoms with van der Waals surface area (Å²) >= 11 is 9.90. The van der Waals surface area contributed by atoms with Gasteiger partial charge in [-0.05, 0) is 36.1 Å². The Kier molecular flexibility index (Phi) is 4.28. The van der Waals surface area contributed by atoms with Gasteiger partial charge in [0, 0.05) is 10.5 Å². The second kappa shape index (κ2) is 6.20. The van der Waals surface area contributed by atoms with Gasteiger partial charge in [0.2, 0.25) is 0 Å². The van der Waals surface area contributed by atoms with Crippen molar-refractivity contribution in [3.8, 4) is 11.8 Å². The van der Waals surface area contributed by atoms with Gasteiger partial charge in [-0.15, -0.1) is 0 Å². The van der Waals surface area contributed by atoms with Crippen LogP contribution in [0.5, 0.6) is 5.75 Å². The number of ether oxygens (including phenoxy) is 1. The number of methoxy groups -OCH3 is 1. The highest BCUT2D eigenvalue weighted by molar-refractivity contribution is 9.10. The summed E-state index contributed by atoms with van der Waals surface area (Å²) in [6.07, 6.45) is 2.04. The monoisotopic (exact) mass is 376 g/mol. The van der Waals surface area contributed by atoms with Crippen LogP contribution >= 0.6 is 27.5 Å². The highest BCUT2D eigenvalue weighted by Gasteiger charge is 2.24. The van der Waals surface area contributed by atoms with Gasteiger partial charge in [0.15, 0.2) is 0 Å². The van der Waals surface area contributed by atoms with Crippen LogP contribution in [0.4, 0.5) is 5.69 Å². The van der Waals surface area contributed by atoms with Crippen molar-refractivity contribution in [1.82, 2.24) is 0 Å². The van der Waals surface area contributed by atoms with Crippen molar-refractivity contribution < 1.29 is 4.74 Å². The van der Waals surface area contributed by atoms with Crippen LogP contribution in [0, 0.1) is 11.3 Å². The van der Waals surface area contributed by atoms with Crippen LogP contribution in [0.1, 0.15) is 29.2 Å². The predicted molar refractivity (Wildman–Crippen MR) is 91.5 cm³/mol. The molecule has 0 amide bonds. The van der Waals surface area contributed by atoms with E-state index in [-0.39, 0.29) is 6.04 Å². The molecule has 22 heavy (non-hydrogen) atoms. The molecule has 0 saturated heterocycles. The van der Waals surface area contributed by atoms with Crippen molar-refractivity contribution >= 4 is 33.2 Å². The zero-order valence-electron chi connectivity index (χ0n) is 12.0. The molecule has 112 valence electrons. The maximum atomic E-state index is 9.10. The topological polar surface area (TPSA) is 45.0 Å². The molecule has 1 atom stereocenters. The van der Waals surface area contributed by atoms with E-state index in [1.807, 2.05) is 6.07 Å². The van der Waals surface area contributed by atoms with Crippen LogP contribution in [0.3, 0.4) is 0 Å². The van der Waals surface area contributed by atoms with E-state index >= 15 is 0 Å². The van der Waals surface area contributed by atoms with Crippen LogP contribution in [0.2, 0.25) is 5.02 Å². The van der Waals surface area contributed by atoms with Gasteiger partial charge in [-0.3, -0.25) is 0 Å². The molecule has 0 fully saturated rings. The maximum absolute atomic E-state index is 9.10. The lowest BCUT2D eigenvalue weighted by atomic mass is 10.1. The van der Waals surface area contributed by atoms with Gasteiger partial charge in [0.1, 0.15) is 11.8 Å². The summed E-state index contributed by atoms with van der Waals surface area (Å²) in [5, 5.41) is 13.1. The van der Waals surface area contributed by atoms with Crippen molar-refractivity contribution in [2.45, 2.75) is 18.9 Å². The Morgan fingerprint density at radius 1 is 1.41 bits per heavy atom. The first-order valence-electron chi connectivity index (χ1n) is 6.95. The fourth-order valence-electron chi connectivity index (χ4n) is 2.87. The lowest BCUT2D eigenvalue weighted by Crippen LogP contribution is -2.08. The third-order valence-electron chi connectivity index (χ3n) is 3.95. The first kappa shape index (κ1) is 15.2. The molecular formula is C17H14BrClN2O. The molecule has 1 N–H and O–H groups in total. The fraction of sp³-hybridized carbons (Fsp3) is 0.235. The second-order valence-electron chi connectivity index (χ2n) is 5.19. The number of hydrogen-bond acceptors (Lipinski definition) is 3. The lowest BCUT2D eigenvalue weighted by Gasteiger charge is -2.18. The largest absolute Gasteiger partial charge is 0.495 e. The van der Waals surface area contributed by atoms with Gasteiger partial charge in [0.25, 0.3) is 0 Å². The van der Waals surface area contributed by atoms with Crippen molar-refractivity contribution in [2.75, 3.05) is 12.4 Å². The molecule has 2 aromatic rings. The second-order valence-corrected chi connectivity index (χ2v) is 6.45. The number of fused-ring (bicyclic) bond motifs is 1. The van der Waals surface area contributed by atoms with Crippen molar-refractivity contribution in [3.05, 3.63) is 56.5 Å². The Balaban J connectivity index is 1.93. The summed E-state index contributed by atoms with van der Waals surface area (Å²) in [7, 11) is 1.55. The molecule has 1 aliphatic rings. The molecule has 3 rings (SSSR count). The van der Waals surface area contributed by atoms with Crippen LogP contribution in [-0.2, 0) is 6.42 Å². The predicted octanol–water partition coefficient (Wildman–Crippen LogP) is 5.08. The van der Waals surface area contributed by atoms with Crippen molar-refractivity contribution in [2.24, 2.45) is 0 Å². The fourth-order valence-corrected chi connectivity index (χ4v) is 3.67. The van der Waals surface area contributed by atoms with E-state index < -0.39 is 0 Å². The molecule has 2 aromatic carbocycles. The minimum atomic E-state index is 0.211. The minimum Gasteiger partial charge on any atom is -0.495 e. The molecule has 0 heterocycles. The first-order valence-corrected chi connectivity index (χ1v) is 8.12. The molecule has 0 bridgehead atoms. The van der Waals surface area contributed by atoms with Crippen molar-refractivity contribution in [3.63, 3.8) is 0 Å². The molecule has 0 saturated carbocycles. The van der Waals surface area contributed by atoms with Gasteiger partial charge in [-0.2, -0.15) is 5.26 Å². The van der Waals surface area contributed by atoms with E-state index in [1.165, 1.54) is 11.1 Å². The summed E-state index contributed by atoms with van der Waals surface area (Å²) in [5.41, 5.74) is 3.86. The van der Waals surface area contributed by atoms with Crippen molar-refractivity contribution in [1.29, 1.82) is 5.26 Å². The highest BCUT2D eigenvalue weighted by atomic mass is 79.9. The summed E-state index contributed by atoms with van der Waals surface area (Å²) in [5.74, 6) is 0.530. The van der Waals surface area contributed by atoms with E-state index in [9.17, 15) is 0 Å². The third-order valence-corrected chi connectivity index (χ3v) is 5.01. The molecule has 3 nitrogen and oxygen atoms in total. The van der Waals surface area contributed by atoms with Gasteiger partial charge >= 0.3 is 0 Å². The standard InChI is InChI=1S/C17H14BrClN2O/c1-22-17-8-16(14(19)7-10(17)9-20)21-15-6-5-11-12(15)3-2-4-13(11)18/h2-4,7-8,15,21H,5-6H2,1H3/t15-/m0/s1. The Bertz CT molecular complexity index is 770. The van der Waals surface area contributed by atoms with Crippen LogP contribution in [0.15, 0.2) is 34.8 Å². The van der Waals surface area contributed by atoms with Gasteiger partial charge in [0.05, 0.1) is 29.4 Å². The van der Waals surface area contributed by atoms with Crippen LogP contribution < -0.4 is 10.1 Å².